The van der Waals surface area contributed by atoms with Crippen LogP contribution in [0.25, 0.3) is 0 Å². The zero-order valence-corrected chi connectivity index (χ0v) is 13.1. The number of carboxylic acids is 1. The Balaban J connectivity index is 2.00. The SMILES string of the molecule is CC(C)(C)CCOC(=O)N1[C@@H](C(=O)O)C[C@H]2CCNC[C@@H]21. The summed E-state index contributed by atoms with van der Waals surface area (Å²) in [7, 11) is 0. The lowest BCUT2D eigenvalue weighted by Crippen LogP contribution is -2.51. The smallest absolute Gasteiger partial charge is 0.410 e. The molecule has 0 aliphatic carbocycles. The zero-order valence-electron chi connectivity index (χ0n) is 13.1. The van der Waals surface area contributed by atoms with E-state index in [1.807, 2.05) is 0 Å². The molecule has 0 unspecified atom stereocenters. The number of carbonyl (C=O) groups excluding carboxylic acids is 1. The number of piperidine rings is 1. The van der Waals surface area contributed by atoms with Gasteiger partial charge in [-0.2, -0.15) is 0 Å². The third kappa shape index (κ3) is 3.87. The second-order valence-corrected chi connectivity index (χ2v) is 7.24. The van der Waals surface area contributed by atoms with Crippen LogP contribution in [-0.4, -0.2) is 53.8 Å². The van der Waals surface area contributed by atoms with E-state index in [1.165, 1.54) is 4.90 Å². The van der Waals surface area contributed by atoms with Crippen molar-refractivity contribution in [2.75, 3.05) is 19.7 Å². The number of fused-ring (bicyclic) bond motifs is 1. The van der Waals surface area contributed by atoms with Crippen molar-refractivity contribution >= 4 is 12.1 Å². The number of carboxylic acid groups (broad SMARTS) is 1. The van der Waals surface area contributed by atoms with Crippen molar-refractivity contribution in [1.29, 1.82) is 0 Å². The van der Waals surface area contributed by atoms with Gasteiger partial charge in [0.2, 0.25) is 0 Å². The maximum Gasteiger partial charge on any atom is 0.410 e. The van der Waals surface area contributed by atoms with Gasteiger partial charge in [0.25, 0.3) is 0 Å². The fraction of sp³-hybridized carbons (Fsp3) is 0.867. The minimum absolute atomic E-state index is 0.0537. The Kier molecular flexibility index (Phi) is 4.76. The van der Waals surface area contributed by atoms with Crippen LogP contribution in [0.1, 0.15) is 40.0 Å². The molecule has 0 saturated carbocycles. The van der Waals surface area contributed by atoms with Gasteiger partial charge in [0.1, 0.15) is 6.04 Å². The molecule has 2 N–H and O–H groups in total. The van der Waals surface area contributed by atoms with Gasteiger partial charge in [-0.05, 0) is 37.1 Å². The van der Waals surface area contributed by atoms with Gasteiger partial charge in [0.05, 0.1) is 12.6 Å². The second kappa shape index (κ2) is 6.22. The Hall–Kier alpha value is -1.30. The topological polar surface area (TPSA) is 78.9 Å². The fourth-order valence-corrected chi connectivity index (χ4v) is 3.13. The molecule has 0 bridgehead atoms. The Morgan fingerprint density at radius 1 is 1.38 bits per heavy atom. The van der Waals surface area contributed by atoms with E-state index >= 15 is 0 Å². The molecule has 0 aromatic heterocycles. The molecule has 2 aliphatic heterocycles. The van der Waals surface area contributed by atoms with Crippen LogP contribution in [0.15, 0.2) is 0 Å². The average Bonchev–Trinajstić information content (AvgIpc) is 2.76. The molecule has 0 aromatic rings. The van der Waals surface area contributed by atoms with Gasteiger partial charge in [-0.15, -0.1) is 0 Å². The largest absolute Gasteiger partial charge is 0.480 e. The molecule has 2 saturated heterocycles. The molecule has 0 aromatic carbocycles. The fourth-order valence-electron chi connectivity index (χ4n) is 3.13. The van der Waals surface area contributed by atoms with Crippen molar-refractivity contribution in [1.82, 2.24) is 10.2 Å². The predicted molar refractivity (Wildman–Crippen MR) is 78.1 cm³/mol. The predicted octanol–water partition coefficient (Wildman–Crippen LogP) is 1.70. The highest BCUT2D eigenvalue weighted by atomic mass is 16.6. The number of nitrogens with one attached hydrogen (secondary N) is 1. The van der Waals surface area contributed by atoms with E-state index in [-0.39, 0.29) is 17.4 Å². The summed E-state index contributed by atoms with van der Waals surface area (Å²) in [6.07, 6.45) is 1.73. The average molecular weight is 298 g/mol. The minimum Gasteiger partial charge on any atom is -0.480 e. The van der Waals surface area contributed by atoms with Gasteiger partial charge in [-0.3, -0.25) is 4.90 Å². The van der Waals surface area contributed by atoms with E-state index in [4.69, 9.17) is 4.74 Å². The molecule has 3 atom stereocenters. The van der Waals surface area contributed by atoms with Crippen molar-refractivity contribution in [3.63, 3.8) is 0 Å². The first-order chi connectivity index (χ1) is 9.79. The van der Waals surface area contributed by atoms with Crippen LogP contribution in [0.2, 0.25) is 0 Å². The summed E-state index contributed by atoms with van der Waals surface area (Å²) in [5.74, 6) is -0.667. The van der Waals surface area contributed by atoms with Gasteiger partial charge in [0, 0.05) is 6.54 Å². The van der Waals surface area contributed by atoms with Gasteiger partial charge >= 0.3 is 12.1 Å². The van der Waals surface area contributed by atoms with Crippen molar-refractivity contribution < 1.29 is 19.4 Å². The molecule has 0 spiro atoms. The molecule has 21 heavy (non-hydrogen) atoms. The van der Waals surface area contributed by atoms with E-state index < -0.39 is 18.1 Å². The summed E-state index contributed by atoms with van der Waals surface area (Å²) in [5, 5.41) is 12.6. The van der Waals surface area contributed by atoms with Crippen LogP contribution in [0.3, 0.4) is 0 Å². The number of nitrogens with zero attached hydrogens (tertiary/aromatic N) is 1. The number of hydrogen-bond acceptors (Lipinski definition) is 4. The second-order valence-electron chi connectivity index (χ2n) is 7.24. The number of hydrogen-bond donors (Lipinski definition) is 2. The molecule has 1 amide bonds. The van der Waals surface area contributed by atoms with Gasteiger partial charge in [0.15, 0.2) is 0 Å². The Morgan fingerprint density at radius 3 is 2.71 bits per heavy atom. The highest BCUT2D eigenvalue weighted by Crippen LogP contribution is 2.34. The van der Waals surface area contributed by atoms with E-state index in [0.29, 0.717) is 19.6 Å². The van der Waals surface area contributed by atoms with E-state index in [9.17, 15) is 14.7 Å². The summed E-state index contributed by atoms with van der Waals surface area (Å²) in [6.45, 7) is 8.12. The molecule has 6 nitrogen and oxygen atoms in total. The number of likely N-dealkylation sites (tertiary alicyclic amines) is 1. The first-order valence-corrected chi connectivity index (χ1v) is 7.68. The van der Waals surface area contributed by atoms with Gasteiger partial charge < -0.3 is 15.2 Å². The lowest BCUT2D eigenvalue weighted by Gasteiger charge is -2.32. The van der Waals surface area contributed by atoms with Crippen LogP contribution >= 0.6 is 0 Å². The molecule has 0 radical (unpaired) electrons. The quantitative estimate of drug-likeness (QED) is 0.829. The molecule has 2 rings (SSSR count). The van der Waals surface area contributed by atoms with Crippen LogP contribution < -0.4 is 5.32 Å². The van der Waals surface area contributed by atoms with Crippen LogP contribution in [0, 0.1) is 11.3 Å². The number of ether oxygens (including phenoxy) is 1. The Bertz CT molecular complexity index is 405. The van der Waals surface area contributed by atoms with Crippen molar-refractivity contribution in [3.8, 4) is 0 Å². The minimum atomic E-state index is -0.933. The zero-order chi connectivity index (χ0) is 15.6. The maximum absolute atomic E-state index is 12.3. The summed E-state index contributed by atoms with van der Waals surface area (Å²) in [4.78, 5) is 25.2. The van der Waals surface area contributed by atoms with Gasteiger partial charge in [-0.1, -0.05) is 20.8 Å². The highest BCUT2D eigenvalue weighted by molar-refractivity contribution is 5.81. The molecule has 2 aliphatic rings. The van der Waals surface area contributed by atoms with Crippen LogP contribution in [-0.2, 0) is 9.53 Å². The monoisotopic (exact) mass is 298 g/mol. The standard InChI is InChI=1S/C15H26N2O4/c1-15(2,3)5-7-21-14(20)17-11(13(18)19)8-10-4-6-16-9-12(10)17/h10-12,16H,4-9H2,1-3H3,(H,18,19)/t10-,11-,12+/m1/s1. The van der Waals surface area contributed by atoms with Crippen LogP contribution in [0.5, 0.6) is 0 Å². The van der Waals surface area contributed by atoms with Crippen molar-refractivity contribution in [2.45, 2.75) is 52.1 Å². The van der Waals surface area contributed by atoms with E-state index in [0.717, 1.165) is 19.4 Å². The first-order valence-electron chi connectivity index (χ1n) is 7.68. The normalized spacial score (nSPS) is 29.1. The number of rotatable bonds is 3. The number of amides is 1. The third-order valence-electron chi connectivity index (χ3n) is 4.38. The highest BCUT2D eigenvalue weighted by Gasteiger charge is 2.48. The summed E-state index contributed by atoms with van der Waals surface area (Å²) in [6, 6.07) is -0.802. The van der Waals surface area contributed by atoms with Crippen molar-refractivity contribution in [3.05, 3.63) is 0 Å². The number of aliphatic carboxylic acids is 1. The molecule has 2 heterocycles. The lowest BCUT2D eigenvalue weighted by molar-refractivity contribution is -0.142. The molecule has 6 heteroatoms. The maximum atomic E-state index is 12.3. The number of carbonyl (C=O) groups is 2. The summed E-state index contributed by atoms with van der Waals surface area (Å²) < 4.78 is 5.33. The van der Waals surface area contributed by atoms with Gasteiger partial charge in [-0.25, -0.2) is 9.59 Å². The van der Waals surface area contributed by atoms with E-state index in [2.05, 4.69) is 26.1 Å². The van der Waals surface area contributed by atoms with Crippen molar-refractivity contribution in [2.24, 2.45) is 11.3 Å². The Morgan fingerprint density at radius 2 is 2.10 bits per heavy atom. The van der Waals surface area contributed by atoms with Crippen LogP contribution in [0.4, 0.5) is 4.79 Å². The first kappa shape index (κ1) is 16.1. The summed E-state index contributed by atoms with van der Waals surface area (Å²) in [5.41, 5.74) is 0.0897. The lowest BCUT2D eigenvalue weighted by atomic mass is 9.92. The Labute approximate surface area is 125 Å². The van der Waals surface area contributed by atoms with E-state index in [1.54, 1.807) is 0 Å². The molecule has 120 valence electrons. The molecule has 2 fully saturated rings. The summed E-state index contributed by atoms with van der Waals surface area (Å²) >= 11 is 0. The molecular formula is C15H26N2O4. The third-order valence-corrected chi connectivity index (χ3v) is 4.38. The molecular weight excluding hydrogens is 272 g/mol.